The molecule has 0 saturated carbocycles. The van der Waals surface area contributed by atoms with Crippen LogP contribution in [-0.4, -0.2) is 11.5 Å². The molecule has 0 spiro atoms. The van der Waals surface area contributed by atoms with Gasteiger partial charge in [0.05, 0.1) is 4.92 Å². The Balaban J connectivity index is 2.21. The SMILES string of the molecule is O=[N+]([O-])c1ccc(N2C=C([O-])CC2)cc1. The molecule has 0 unspecified atom stereocenters. The third kappa shape index (κ3) is 1.90. The van der Waals surface area contributed by atoms with E-state index in [1.54, 1.807) is 17.0 Å². The average Bonchev–Trinajstić information content (AvgIpc) is 2.65. The second-order valence-corrected chi connectivity index (χ2v) is 3.31. The zero-order chi connectivity index (χ0) is 10.8. The van der Waals surface area contributed by atoms with E-state index in [0.29, 0.717) is 13.0 Å². The highest BCUT2D eigenvalue weighted by Gasteiger charge is 2.10. The summed E-state index contributed by atoms with van der Waals surface area (Å²) in [5, 5.41) is 21.4. The number of anilines is 1. The highest BCUT2D eigenvalue weighted by Crippen LogP contribution is 2.23. The molecule has 5 heteroatoms. The van der Waals surface area contributed by atoms with E-state index < -0.39 is 4.92 Å². The summed E-state index contributed by atoms with van der Waals surface area (Å²) >= 11 is 0. The molecule has 0 fully saturated rings. The van der Waals surface area contributed by atoms with Crippen LogP contribution in [0.1, 0.15) is 6.42 Å². The van der Waals surface area contributed by atoms with E-state index in [2.05, 4.69) is 0 Å². The molecule has 1 aromatic rings. The van der Waals surface area contributed by atoms with Gasteiger partial charge < -0.3 is 10.0 Å². The van der Waals surface area contributed by atoms with E-state index in [1.165, 1.54) is 18.3 Å². The fraction of sp³-hybridized carbons (Fsp3) is 0.200. The lowest BCUT2D eigenvalue weighted by atomic mass is 10.2. The van der Waals surface area contributed by atoms with Gasteiger partial charge in [0, 0.05) is 24.4 Å². The summed E-state index contributed by atoms with van der Waals surface area (Å²) in [5.74, 6) is 0.0911. The summed E-state index contributed by atoms with van der Waals surface area (Å²) in [6, 6.07) is 6.17. The van der Waals surface area contributed by atoms with Crippen LogP contribution in [0, 0.1) is 10.1 Å². The molecule has 1 aromatic carbocycles. The van der Waals surface area contributed by atoms with Gasteiger partial charge in [0.1, 0.15) is 0 Å². The largest absolute Gasteiger partial charge is 0.874 e. The van der Waals surface area contributed by atoms with E-state index in [-0.39, 0.29) is 11.4 Å². The zero-order valence-electron chi connectivity index (χ0n) is 7.92. The summed E-state index contributed by atoms with van der Waals surface area (Å²) in [6.45, 7) is 0.649. The maximum absolute atomic E-state index is 11.0. The second-order valence-electron chi connectivity index (χ2n) is 3.31. The van der Waals surface area contributed by atoms with Crippen molar-refractivity contribution in [2.24, 2.45) is 0 Å². The van der Waals surface area contributed by atoms with Crippen LogP contribution in [0.15, 0.2) is 36.2 Å². The molecule has 2 rings (SSSR count). The van der Waals surface area contributed by atoms with Crippen molar-refractivity contribution in [3.63, 3.8) is 0 Å². The molecular weight excluding hydrogens is 196 g/mol. The van der Waals surface area contributed by atoms with Crippen molar-refractivity contribution in [2.75, 3.05) is 11.4 Å². The van der Waals surface area contributed by atoms with Crippen molar-refractivity contribution in [3.05, 3.63) is 46.3 Å². The third-order valence-electron chi connectivity index (χ3n) is 2.29. The van der Waals surface area contributed by atoms with Gasteiger partial charge in [0.25, 0.3) is 5.69 Å². The maximum Gasteiger partial charge on any atom is 0.269 e. The minimum atomic E-state index is -0.442. The summed E-state index contributed by atoms with van der Waals surface area (Å²) < 4.78 is 0. The first kappa shape index (κ1) is 9.51. The molecule has 0 N–H and O–H groups in total. The maximum atomic E-state index is 11.0. The Morgan fingerprint density at radius 1 is 1.27 bits per heavy atom. The number of hydrogen-bond donors (Lipinski definition) is 0. The zero-order valence-corrected chi connectivity index (χ0v) is 7.92. The van der Waals surface area contributed by atoms with Gasteiger partial charge in [-0.3, -0.25) is 10.1 Å². The Bertz CT molecular complexity index is 411. The highest BCUT2D eigenvalue weighted by molar-refractivity contribution is 5.54. The fourth-order valence-electron chi connectivity index (χ4n) is 1.50. The Kier molecular flexibility index (Phi) is 2.29. The lowest BCUT2D eigenvalue weighted by Gasteiger charge is -2.14. The molecule has 5 nitrogen and oxygen atoms in total. The third-order valence-corrected chi connectivity index (χ3v) is 2.29. The minimum absolute atomic E-state index is 0.0595. The minimum Gasteiger partial charge on any atom is -0.874 e. The first-order chi connectivity index (χ1) is 7.16. The molecule has 78 valence electrons. The molecule has 0 bridgehead atoms. The van der Waals surface area contributed by atoms with E-state index >= 15 is 0 Å². The molecule has 1 aliphatic heterocycles. The standard InChI is InChI=1S/C10H10N2O3/c13-10-5-6-11(7-10)8-1-3-9(4-2-8)12(14)15/h1-4,7,13H,5-6H2/p-1. The number of hydrogen-bond acceptors (Lipinski definition) is 4. The monoisotopic (exact) mass is 205 g/mol. The predicted octanol–water partition coefficient (Wildman–Crippen LogP) is 1.01. The van der Waals surface area contributed by atoms with Crippen LogP contribution in [0.5, 0.6) is 0 Å². The van der Waals surface area contributed by atoms with Crippen molar-refractivity contribution in [1.29, 1.82) is 0 Å². The molecule has 1 aliphatic rings. The Hall–Kier alpha value is -2.04. The van der Waals surface area contributed by atoms with E-state index in [4.69, 9.17) is 0 Å². The van der Waals surface area contributed by atoms with Gasteiger partial charge in [0.2, 0.25) is 0 Å². The van der Waals surface area contributed by atoms with Gasteiger partial charge in [-0.15, -0.1) is 5.76 Å². The Labute approximate surface area is 86.4 Å². The van der Waals surface area contributed by atoms with Crippen LogP contribution in [0.2, 0.25) is 0 Å². The van der Waals surface area contributed by atoms with E-state index in [1.807, 2.05) is 0 Å². The molecule has 15 heavy (non-hydrogen) atoms. The van der Waals surface area contributed by atoms with Crippen molar-refractivity contribution in [1.82, 2.24) is 0 Å². The lowest BCUT2D eigenvalue weighted by Crippen LogP contribution is -2.11. The van der Waals surface area contributed by atoms with Gasteiger partial charge in [-0.1, -0.05) is 0 Å². The van der Waals surface area contributed by atoms with Crippen molar-refractivity contribution < 1.29 is 10.0 Å². The predicted molar refractivity (Wildman–Crippen MR) is 53.1 cm³/mol. The summed E-state index contributed by atoms with van der Waals surface area (Å²) in [4.78, 5) is 11.8. The van der Waals surface area contributed by atoms with Gasteiger partial charge in [-0.2, -0.15) is 0 Å². The molecular formula is C10H9N2O3-. The molecule has 0 atom stereocenters. The number of nitrogens with zero attached hydrogens (tertiary/aromatic N) is 2. The topological polar surface area (TPSA) is 69.4 Å². The van der Waals surface area contributed by atoms with Crippen molar-refractivity contribution in [2.45, 2.75) is 6.42 Å². The van der Waals surface area contributed by atoms with Crippen LogP contribution < -0.4 is 10.0 Å². The van der Waals surface area contributed by atoms with Crippen LogP contribution in [0.25, 0.3) is 0 Å². The van der Waals surface area contributed by atoms with Gasteiger partial charge in [-0.05, 0) is 24.8 Å². The van der Waals surface area contributed by atoms with Gasteiger partial charge in [0.15, 0.2) is 0 Å². The quantitative estimate of drug-likeness (QED) is 0.533. The van der Waals surface area contributed by atoms with Crippen LogP contribution in [0.3, 0.4) is 0 Å². The lowest BCUT2D eigenvalue weighted by molar-refractivity contribution is -0.384. The van der Waals surface area contributed by atoms with Crippen LogP contribution >= 0.6 is 0 Å². The fourth-order valence-corrected chi connectivity index (χ4v) is 1.50. The summed E-state index contributed by atoms with van der Waals surface area (Å²) in [6.07, 6.45) is 2.04. The number of nitro benzene ring substituents is 1. The molecule has 0 aromatic heterocycles. The first-order valence-electron chi connectivity index (χ1n) is 4.55. The summed E-state index contributed by atoms with van der Waals surface area (Å²) in [7, 11) is 0. The highest BCUT2D eigenvalue weighted by atomic mass is 16.6. The first-order valence-corrected chi connectivity index (χ1v) is 4.55. The van der Waals surface area contributed by atoms with Crippen molar-refractivity contribution >= 4 is 11.4 Å². The second kappa shape index (κ2) is 3.61. The number of benzene rings is 1. The normalized spacial score (nSPS) is 15.2. The van der Waals surface area contributed by atoms with Gasteiger partial charge >= 0.3 is 0 Å². The number of non-ortho nitro benzene ring substituents is 1. The molecule has 0 saturated heterocycles. The number of rotatable bonds is 2. The number of nitro groups is 1. The van der Waals surface area contributed by atoms with E-state index in [0.717, 1.165) is 5.69 Å². The molecule has 0 aliphatic carbocycles. The van der Waals surface area contributed by atoms with Crippen LogP contribution in [0.4, 0.5) is 11.4 Å². The smallest absolute Gasteiger partial charge is 0.269 e. The molecule has 0 radical (unpaired) electrons. The molecule has 0 amide bonds. The van der Waals surface area contributed by atoms with Crippen molar-refractivity contribution in [3.8, 4) is 0 Å². The van der Waals surface area contributed by atoms with Crippen LogP contribution in [-0.2, 0) is 0 Å². The van der Waals surface area contributed by atoms with Gasteiger partial charge in [-0.25, -0.2) is 0 Å². The Morgan fingerprint density at radius 2 is 1.93 bits per heavy atom. The molecule has 1 heterocycles. The average molecular weight is 205 g/mol. The Morgan fingerprint density at radius 3 is 2.40 bits per heavy atom. The summed E-state index contributed by atoms with van der Waals surface area (Å²) in [5.41, 5.74) is 0.871. The van der Waals surface area contributed by atoms with E-state index in [9.17, 15) is 15.2 Å².